The van der Waals surface area contributed by atoms with Gasteiger partial charge < -0.3 is 10.2 Å². The normalized spacial score (nSPS) is 10.8. The molecule has 0 saturated carbocycles. The molecule has 1 aromatic heterocycles. The minimum absolute atomic E-state index is 0.00243. The third-order valence-corrected chi connectivity index (χ3v) is 3.85. The van der Waals surface area contributed by atoms with Crippen LogP contribution in [-0.4, -0.2) is 20.1 Å². The summed E-state index contributed by atoms with van der Waals surface area (Å²) in [6.07, 6.45) is 0. The van der Waals surface area contributed by atoms with Crippen LogP contribution in [0, 0.1) is 10.1 Å². The number of hydrogen-bond donors (Lipinski definition) is 2. The highest BCUT2D eigenvalue weighted by atomic mass is 32.1. The Morgan fingerprint density at radius 2 is 1.95 bits per heavy atom. The molecule has 7 heteroatoms. The number of nitrogens with zero attached hydrogens (tertiary/aromatic N) is 2. The molecule has 0 amide bonds. The highest BCUT2D eigenvalue weighted by molar-refractivity contribution is 7.21. The molecule has 20 heavy (non-hydrogen) atoms. The van der Waals surface area contributed by atoms with Gasteiger partial charge in [-0.25, -0.2) is 4.98 Å². The van der Waals surface area contributed by atoms with Crippen LogP contribution in [0.5, 0.6) is 11.5 Å². The lowest BCUT2D eigenvalue weighted by Gasteiger charge is -2.00. The van der Waals surface area contributed by atoms with Crippen molar-refractivity contribution in [2.75, 3.05) is 0 Å². The van der Waals surface area contributed by atoms with Gasteiger partial charge in [0, 0.05) is 18.2 Å². The largest absolute Gasteiger partial charge is 0.508 e. The number of rotatable bonds is 2. The minimum atomic E-state index is -0.461. The number of phenolic OH excluding ortho intramolecular Hbond substituents is 2. The molecule has 3 aromatic rings. The first-order valence-electron chi connectivity index (χ1n) is 5.62. The molecule has 0 aliphatic rings. The summed E-state index contributed by atoms with van der Waals surface area (Å²) in [5.41, 5.74) is 1.11. The Bertz CT molecular complexity index is 828. The summed E-state index contributed by atoms with van der Waals surface area (Å²) in [5.74, 6) is -0.124. The van der Waals surface area contributed by atoms with E-state index in [0.29, 0.717) is 20.8 Å². The SMILES string of the molecule is O=[N+]([O-])c1ccc2nc(-c3ccc(O)cc3O)sc2c1. The first kappa shape index (κ1) is 12.4. The second-order valence-corrected chi connectivity index (χ2v) is 5.16. The van der Waals surface area contributed by atoms with E-state index in [1.54, 1.807) is 12.1 Å². The average molecular weight is 288 g/mol. The van der Waals surface area contributed by atoms with Crippen LogP contribution >= 0.6 is 11.3 Å². The van der Waals surface area contributed by atoms with Crippen molar-refractivity contribution in [3.8, 4) is 22.1 Å². The topological polar surface area (TPSA) is 96.5 Å². The fourth-order valence-electron chi connectivity index (χ4n) is 1.84. The van der Waals surface area contributed by atoms with Crippen molar-refractivity contribution < 1.29 is 15.1 Å². The predicted octanol–water partition coefficient (Wildman–Crippen LogP) is 3.28. The summed E-state index contributed by atoms with van der Waals surface area (Å²) in [6, 6.07) is 8.64. The average Bonchev–Trinajstić information content (AvgIpc) is 2.80. The Kier molecular flexibility index (Phi) is 2.76. The van der Waals surface area contributed by atoms with Crippen LogP contribution in [0.25, 0.3) is 20.8 Å². The Morgan fingerprint density at radius 1 is 1.15 bits per heavy atom. The van der Waals surface area contributed by atoms with Gasteiger partial charge in [0.2, 0.25) is 0 Å². The molecule has 0 atom stereocenters. The maximum absolute atomic E-state index is 10.7. The van der Waals surface area contributed by atoms with E-state index in [1.807, 2.05) is 0 Å². The van der Waals surface area contributed by atoms with E-state index in [0.717, 1.165) is 0 Å². The van der Waals surface area contributed by atoms with E-state index >= 15 is 0 Å². The van der Waals surface area contributed by atoms with Gasteiger partial charge in [-0.2, -0.15) is 0 Å². The Labute approximate surface area is 116 Å². The van der Waals surface area contributed by atoms with Crippen LogP contribution in [0.1, 0.15) is 0 Å². The van der Waals surface area contributed by atoms with E-state index in [-0.39, 0.29) is 17.2 Å². The maximum atomic E-state index is 10.7. The van der Waals surface area contributed by atoms with Crippen molar-refractivity contribution in [1.82, 2.24) is 4.98 Å². The van der Waals surface area contributed by atoms with E-state index in [4.69, 9.17) is 0 Å². The standard InChI is InChI=1S/C13H8N2O4S/c16-8-2-3-9(11(17)6-8)13-14-10-4-1-7(15(18)19)5-12(10)20-13/h1-6,16-17H. The van der Waals surface area contributed by atoms with Crippen molar-refractivity contribution in [2.45, 2.75) is 0 Å². The number of phenols is 2. The molecule has 100 valence electrons. The zero-order chi connectivity index (χ0) is 14.3. The van der Waals surface area contributed by atoms with E-state index < -0.39 is 4.92 Å². The molecule has 0 fully saturated rings. The Morgan fingerprint density at radius 3 is 2.65 bits per heavy atom. The van der Waals surface area contributed by atoms with Gasteiger partial charge in [0.15, 0.2) is 0 Å². The Balaban J connectivity index is 2.15. The fraction of sp³-hybridized carbons (Fsp3) is 0. The molecule has 3 rings (SSSR count). The summed E-state index contributed by atoms with van der Waals surface area (Å²) in [7, 11) is 0. The van der Waals surface area contributed by atoms with Crippen LogP contribution in [-0.2, 0) is 0 Å². The van der Waals surface area contributed by atoms with Crippen LogP contribution in [0.2, 0.25) is 0 Å². The molecule has 0 bridgehead atoms. The number of hydrogen-bond acceptors (Lipinski definition) is 6. The number of benzene rings is 2. The highest BCUT2D eigenvalue weighted by Gasteiger charge is 2.13. The van der Waals surface area contributed by atoms with E-state index in [9.17, 15) is 20.3 Å². The van der Waals surface area contributed by atoms with Gasteiger partial charge in [-0.15, -0.1) is 11.3 Å². The highest BCUT2D eigenvalue weighted by Crippen LogP contribution is 2.37. The third kappa shape index (κ3) is 2.04. The number of fused-ring (bicyclic) bond motifs is 1. The lowest BCUT2D eigenvalue weighted by atomic mass is 10.2. The molecule has 1 heterocycles. The summed E-state index contributed by atoms with van der Waals surface area (Å²) in [5, 5.41) is 30.4. The number of non-ortho nitro benzene ring substituents is 1. The van der Waals surface area contributed by atoms with Gasteiger partial charge in [-0.05, 0) is 18.2 Å². The summed E-state index contributed by atoms with van der Waals surface area (Å²) >= 11 is 1.24. The number of nitro benzene ring substituents is 1. The molecule has 0 aliphatic heterocycles. The van der Waals surface area contributed by atoms with Crippen LogP contribution in [0.4, 0.5) is 5.69 Å². The zero-order valence-corrected chi connectivity index (χ0v) is 10.8. The second kappa shape index (κ2) is 4.46. The molecule has 0 saturated heterocycles. The molecule has 0 radical (unpaired) electrons. The van der Waals surface area contributed by atoms with Crippen LogP contribution in [0.15, 0.2) is 36.4 Å². The van der Waals surface area contributed by atoms with Gasteiger partial charge in [0.1, 0.15) is 16.5 Å². The van der Waals surface area contributed by atoms with Gasteiger partial charge in [0.25, 0.3) is 5.69 Å². The first-order valence-corrected chi connectivity index (χ1v) is 6.43. The first-order chi connectivity index (χ1) is 9.54. The molecular weight excluding hydrogens is 280 g/mol. The number of aromatic hydroxyl groups is 2. The van der Waals surface area contributed by atoms with Crippen molar-refractivity contribution >= 4 is 27.2 Å². The van der Waals surface area contributed by atoms with Gasteiger partial charge in [-0.1, -0.05) is 0 Å². The summed E-state index contributed by atoms with van der Waals surface area (Å²) in [4.78, 5) is 14.6. The monoisotopic (exact) mass is 288 g/mol. The molecule has 2 aromatic carbocycles. The number of aromatic nitrogens is 1. The van der Waals surface area contributed by atoms with Gasteiger partial charge in [-0.3, -0.25) is 10.1 Å². The van der Waals surface area contributed by atoms with Gasteiger partial charge in [0.05, 0.1) is 20.7 Å². The maximum Gasteiger partial charge on any atom is 0.270 e. The lowest BCUT2D eigenvalue weighted by molar-refractivity contribution is -0.384. The second-order valence-electron chi connectivity index (χ2n) is 4.13. The molecule has 0 unspecified atom stereocenters. The molecule has 0 spiro atoms. The van der Waals surface area contributed by atoms with Crippen molar-refractivity contribution in [1.29, 1.82) is 0 Å². The van der Waals surface area contributed by atoms with Crippen LogP contribution in [0.3, 0.4) is 0 Å². The smallest absolute Gasteiger partial charge is 0.270 e. The van der Waals surface area contributed by atoms with E-state index in [2.05, 4.69) is 4.98 Å². The Hall–Kier alpha value is -2.67. The molecule has 6 nitrogen and oxygen atoms in total. The van der Waals surface area contributed by atoms with Crippen molar-refractivity contribution in [3.63, 3.8) is 0 Å². The molecule has 0 aliphatic carbocycles. The van der Waals surface area contributed by atoms with Crippen LogP contribution < -0.4 is 0 Å². The van der Waals surface area contributed by atoms with Crippen molar-refractivity contribution in [3.05, 3.63) is 46.5 Å². The quantitative estimate of drug-likeness (QED) is 0.557. The zero-order valence-electron chi connectivity index (χ0n) is 9.98. The summed E-state index contributed by atoms with van der Waals surface area (Å²) < 4.78 is 0.668. The predicted molar refractivity (Wildman–Crippen MR) is 75.0 cm³/mol. The number of nitro groups is 1. The number of thiazole rings is 1. The minimum Gasteiger partial charge on any atom is -0.508 e. The fourth-order valence-corrected chi connectivity index (χ4v) is 2.88. The summed E-state index contributed by atoms with van der Waals surface area (Å²) in [6.45, 7) is 0. The van der Waals surface area contributed by atoms with E-state index in [1.165, 1.54) is 35.6 Å². The van der Waals surface area contributed by atoms with Crippen molar-refractivity contribution in [2.24, 2.45) is 0 Å². The van der Waals surface area contributed by atoms with Gasteiger partial charge >= 0.3 is 0 Å². The molecular formula is C13H8N2O4S. The molecule has 2 N–H and O–H groups in total. The third-order valence-electron chi connectivity index (χ3n) is 2.79. The lowest BCUT2D eigenvalue weighted by Crippen LogP contribution is -1.85.